The average Bonchev–Trinajstić information content (AvgIpc) is 2.41. The van der Waals surface area contributed by atoms with Crippen LogP contribution in [0.15, 0.2) is 42.5 Å². The molecule has 0 bridgehead atoms. The van der Waals surface area contributed by atoms with Crippen LogP contribution in [0.4, 0.5) is 11.4 Å². The third-order valence-electron chi connectivity index (χ3n) is 2.79. The van der Waals surface area contributed by atoms with E-state index in [1.54, 1.807) is 36.4 Å². The van der Waals surface area contributed by atoms with Gasteiger partial charge in [0, 0.05) is 22.5 Å². The monoisotopic (exact) mass is 250 g/mol. The standard InChI is InChI=1S/C16H14N2O/c1-3-12-5-4-6-14(9-12)18-16(19)15-10-13(17)8-7-11(15)2/h1,4-10H,17H2,2H3,(H,18,19). The first-order chi connectivity index (χ1) is 9.10. The van der Waals surface area contributed by atoms with Crippen LogP contribution in [-0.4, -0.2) is 5.91 Å². The van der Waals surface area contributed by atoms with Crippen LogP contribution in [0.3, 0.4) is 0 Å². The Morgan fingerprint density at radius 3 is 2.79 bits per heavy atom. The fraction of sp³-hybridized carbons (Fsp3) is 0.0625. The summed E-state index contributed by atoms with van der Waals surface area (Å²) >= 11 is 0. The predicted octanol–water partition coefficient (Wildman–Crippen LogP) is 2.81. The number of rotatable bonds is 2. The first-order valence-electron chi connectivity index (χ1n) is 5.84. The molecule has 0 spiro atoms. The Bertz CT molecular complexity index is 669. The number of amides is 1. The molecule has 0 fully saturated rings. The Morgan fingerprint density at radius 2 is 2.05 bits per heavy atom. The van der Waals surface area contributed by atoms with Crippen LogP contribution in [0.1, 0.15) is 21.5 Å². The molecule has 2 rings (SSSR count). The smallest absolute Gasteiger partial charge is 0.256 e. The Kier molecular flexibility index (Phi) is 3.53. The van der Waals surface area contributed by atoms with Crippen LogP contribution in [-0.2, 0) is 0 Å². The number of hydrogen-bond acceptors (Lipinski definition) is 2. The van der Waals surface area contributed by atoms with E-state index in [2.05, 4.69) is 11.2 Å². The minimum Gasteiger partial charge on any atom is -0.399 e. The second-order valence-corrected chi connectivity index (χ2v) is 4.25. The van der Waals surface area contributed by atoms with Gasteiger partial charge >= 0.3 is 0 Å². The van der Waals surface area contributed by atoms with Gasteiger partial charge in [-0.2, -0.15) is 0 Å². The molecule has 0 aromatic heterocycles. The van der Waals surface area contributed by atoms with Gasteiger partial charge in [-0.15, -0.1) is 6.42 Å². The lowest BCUT2D eigenvalue weighted by molar-refractivity contribution is 0.102. The molecule has 0 aliphatic heterocycles. The van der Waals surface area contributed by atoms with Crippen molar-refractivity contribution in [1.29, 1.82) is 0 Å². The number of nitrogens with one attached hydrogen (secondary N) is 1. The lowest BCUT2D eigenvalue weighted by Crippen LogP contribution is -2.13. The molecular formula is C16H14N2O. The number of anilines is 2. The van der Waals surface area contributed by atoms with Crippen molar-refractivity contribution in [2.45, 2.75) is 6.92 Å². The van der Waals surface area contributed by atoms with Gasteiger partial charge < -0.3 is 11.1 Å². The normalized spacial score (nSPS) is 9.68. The molecule has 0 saturated heterocycles. The summed E-state index contributed by atoms with van der Waals surface area (Å²) < 4.78 is 0. The summed E-state index contributed by atoms with van der Waals surface area (Å²) in [7, 11) is 0. The quantitative estimate of drug-likeness (QED) is 0.636. The molecule has 0 aliphatic rings. The summed E-state index contributed by atoms with van der Waals surface area (Å²) in [4.78, 5) is 12.2. The number of nitrogen functional groups attached to an aromatic ring is 1. The summed E-state index contributed by atoms with van der Waals surface area (Å²) in [6.07, 6.45) is 5.33. The summed E-state index contributed by atoms with van der Waals surface area (Å²) in [5, 5.41) is 2.81. The number of hydrogen-bond donors (Lipinski definition) is 2. The maximum Gasteiger partial charge on any atom is 0.256 e. The topological polar surface area (TPSA) is 55.1 Å². The number of carbonyl (C=O) groups excluding carboxylic acids is 1. The fourth-order valence-electron chi connectivity index (χ4n) is 1.77. The van der Waals surface area contributed by atoms with E-state index in [4.69, 9.17) is 12.2 Å². The van der Waals surface area contributed by atoms with Crippen LogP contribution in [0.25, 0.3) is 0 Å². The first kappa shape index (κ1) is 12.7. The van der Waals surface area contributed by atoms with E-state index < -0.39 is 0 Å². The van der Waals surface area contributed by atoms with Crippen LogP contribution < -0.4 is 11.1 Å². The van der Waals surface area contributed by atoms with Crippen LogP contribution in [0, 0.1) is 19.3 Å². The Balaban J connectivity index is 2.26. The molecular weight excluding hydrogens is 236 g/mol. The minimum absolute atomic E-state index is 0.195. The highest BCUT2D eigenvalue weighted by atomic mass is 16.1. The van der Waals surface area contributed by atoms with Gasteiger partial charge in [0.15, 0.2) is 0 Å². The third-order valence-corrected chi connectivity index (χ3v) is 2.79. The third kappa shape index (κ3) is 2.93. The van der Waals surface area contributed by atoms with Crippen molar-refractivity contribution in [2.24, 2.45) is 0 Å². The van der Waals surface area contributed by atoms with E-state index in [0.29, 0.717) is 16.9 Å². The second-order valence-electron chi connectivity index (χ2n) is 4.25. The molecule has 19 heavy (non-hydrogen) atoms. The molecule has 3 N–H and O–H groups in total. The Labute approximate surface area is 112 Å². The summed E-state index contributed by atoms with van der Waals surface area (Å²) in [5.74, 6) is 2.33. The molecule has 0 atom stereocenters. The van der Waals surface area contributed by atoms with Crippen molar-refractivity contribution in [3.05, 3.63) is 59.2 Å². The van der Waals surface area contributed by atoms with Crippen molar-refractivity contribution in [2.75, 3.05) is 11.1 Å². The van der Waals surface area contributed by atoms with Gasteiger partial charge in [-0.25, -0.2) is 0 Å². The zero-order valence-electron chi connectivity index (χ0n) is 10.6. The summed E-state index contributed by atoms with van der Waals surface area (Å²) in [6.45, 7) is 1.87. The molecule has 94 valence electrons. The molecule has 3 nitrogen and oxygen atoms in total. The van der Waals surface area contributed by atoms with E-state index in [9.17, 15) is 4.79 Å². The van der Waals surface area contributed by atoms with E-state index in [1.807, 2.05) is 13.0 Å². The van der Waals surface area contributed by atoms with Crippen molar-refractivity contribution < 1.29 is 4.79 Å². The van der Waals surface area contributed by atoms with Gasteiger partial charge in [-0.05, 0) is 42.8 Å². The largest absolute Gasteiger partial charge is 0.399 e. The van der Waals surface area contributed by atoms with Crippen molar-refractivity contribution in [3.8, 4) is 12.3 Å². The molecule has 0 unspecified atom stereocenters. The maximum absolute atomic E-state index is 12.2. The van der Waals surface area contributed by atoms with E-state index >= 15 is 0 Å². The lowest BCUT2D eigenvalue weighted by Gasteiger charge is -2.08. The number of carbonyl (C=O) groups is 1. The molecule has 2 aromatic carbocycles. The highest BCUT2D eigenvalue weighted by Gasteiger charge is 2.09. The number of terminal acetylenes is 1. The number of benzene rings is 2. The van der Waals surface area contributed by atoms with E-state index in [0.717, 1.165) is 11.1 Å². The van der Waals surface area contributed by atoms with Crippen molar-refractivity contribution >= 4 is 17.3 Å². The van der Waals surface area contributed by atoms with Crippen molar-refractivity contribution in [1.82, 2.24) is 0 Å². The molecule has 0 heterocycles. The fourth-order valence-corrected chi connectivity index (χ4v) is 1.77. The molecule has 1 amide bonds. The van der Waals surface area contributed by atoms with E-state index in [-0.39, 0.29) is 5.91 Å². The minimum atomic E-state index is -0.195. The molecule has 2 aromatic rings. The molecule has 0 saturated carbocycles. The van der Waals surface area contributed by atoms with Crippen LogP contribution >= 0.6 is 0 Å². The summed E-state index contributed by atoms with van der Waals surface area (Å²) in [5.41, 5.74) is 9.09. The van der Waals surface area contributed by atoms with Crippen LogP contribution in [0.5, 0.6) is 0 Å². The zero-order valence-corrected chi connectivity index (χ0v) is 10.6. The summed E-state index contributed by atoms with van der Waals surface area (Å²) in [6, 6.07) is 12.4. The van der Waals surface area contributed by atoms with Gasteiger partial charge in [0.1, 0.15) is 0 Å². The van der Waals surface area contributed by atoms with Gasteiger partial charge in [-0.1, -0.05) is 18.1 Å². The second kappa shape index (κ2) is 5.28. The van der Waals surface area contributed by atoms with Gasteiger partial charge in [0.05, 0.1) is 0 Å². The first-order valence-corrected chi connectivity index (χ1v) is 5.84. The van der Waals surface area contributed by atoms with Gasteiger partial charge in [0.25, 0.3) is 5.91 Å². The van der Waals surface area contributed by atoms with Crippen LogP contribution in [0.2, 0.25) is 0 Å². The van der Waals surface area contributed by atoms with Gasteiger partial charge in [-0.3, -0.25) is 4.79 Å². The Morgan fingerprint density at radius 1 is 1.26 bits per heavy atom. The highest BCUT2D eigenvalue weighted by molar-refractivity contribution is 6.05. The Hall–Kier alpha value is -2.73. The highest BCUT2D eigenvalue weighted by Crippen LogP contribution is 2.16. The number of aryl methyl sites for hydroxylation is 1. The molecule has 0 aliphatic carbocycles. The van der Waals surface area contributed by atoms with Gasteiger partial charge in [0.2, 0.25) is 0 Å². The predicted molar refractivity (Wildman–Crippen MR) is 77.9 cm³/mol. The lowest BCUT2D eigenvalue weighted by atomic mass is 10.1. The SMILES string of the molecule is C#Cc1cccc(NC(=O)c2cc(N)ccc2C)c1. The number of nitrogens with two attached hydrogens (primary N) is 1. The molecule has 0 radical (unpaired) electrons. The van der Waals surface area contributed by atoms with Crippen molar-refractivity contribution in [3.63, 3.8) is 0 Å². The van der Waals surface area contributed by atoms with E-state index in [1.165, 1.54) is 0 Å². The maximum atomic E-state index is 12.2. The average molecular weight is 250 g/mol. The zero-order chi connectivity index (χ0) is 13.8. The molecule has 3 heteroatoms.